The number of hydrogen-bond donors (Lipinski definition) is 6. The van der Waals surface area contributed by atoms with Crippen LogP contribution in [0, 0.1) is 11.5 Å². The number of methoxy groups -OCH3 is 1. The summed E-state index contributed by atoms with van der Waals surface area (Å²) >= 11 is 6.29. The Morgan fingerprint density at radius 3 is 2.42 bits per heavy atom. The van der Waals surface area contributed by atoms with Gasteiger partial charge in [0.1, 0.15) is 22.0 Å². The molecule has 0 bridgehead atoms. The molecule has 1 heterocycles. The average molecular weight is 795 g/mol. The first-order valence-corrected chi connectivity index (χ1v) is 17.6. The standard InChI is InChI=1S/C23H19ClN8O14S4/c1-41-16-5-2-11(49(36,37)7-6-42-48-46-44-35)8-15(16)31-32-18-17(47-45-43-34)9-13-12(19(18)33)3-4-14(20(13)50(38,39)40)27-23-29-21(24)28-22(30-23)26-10-25/h2-5,8-9,33-35H,6-7H2,1H3,(H,38,39,40)(H2,26,27,28,29,30). The number of sulfone groups is 1. The van der Waals surface area contributed by atoms with E-state index in [1.807, 2.05) is 0 Å². The summed E-state index contributed by atoms with van der Waals surface area (Å²) in [6.45, 7) is -0.372. The van der Waals surface area contributed by atoms with E-state index in [1.54, 1.807) is 6.19 Å². The number of aromatic hydroxyl groups is 1. The second-order valence-corrected chi connectivity index (χ2v) is 13.9. The zero-order valence-electron chi connectivity index (χ0n) is 24.4. The van der Waals surface area contributed by atoms with Gasteiger partial charge >= 0.3 is 0 Å². The average Bonchev–Trinajstić information content (AvgIpc) is 3.06. The van der Waals surface area contributed by atoms with Crippen LogP contribution in [-0.2, 0) is 42.9 Å². The molecule has 0 atom stereocenters. The number of nitriles is 1. The van der Waals surface area contributed by atoms with Crippen LogP contribution in [0.2, 0.25) is 5.28 Å². The lowest BCUT2D eigenvalue weighted by Crippen LogP contribution is -2.11. The monoisotopic (exact) mass is 794 g/mol. The van der Waals surface area contributed by atoms with Gasteiger partial charge in [0.25, 0.3) is 10.1 Å². The molecule has 0 saturated heterocycles. The van der Waals surface area contributed by atoms with Crippen molar-refractivity contribution in [3.8, 4) is 17.7 Å². The summed E-state index contributed by atoms with van der Waals surface area (Å²) in [6.07, 6.45) is 1.58. The molecule has 0 saturated carbocycles. The van der Waals surface area contributed by atoms with Crippen molar-refractivity contribution in [2.24, 2.45) is 10.2 Å². The molecule has 22 nitrogen and oxygen atoms in total. The van der Waals surface area contributed by atoms with E-state index in [1.165, 1.54) is 25.3 Å². The number of nitrogens with zero attached hydrogens (tertiary/aromatic N) is 6. The third kappa shape index (κ3) is 9.52. The summed E-state index contributed by atoms with van der Waals surface area (Å²) in [4.78, 5) is 10.1. The molecule has 1 aromatic heterocycles. The summed E-state index contributed by atoms with van der Waals surface area (Å²) in [6, 6.07) is 7.04. The minimum Gasteiger partial charge on any atom is -0.505 e. The normalized spacial score (nSPS) is 11.9. The number of rotatable bonds is 17. The number of halogens is 1. The van der Waals surface area contributed by atoms with E-state index in [4.69, 9.17) is 36.3 Å². The van der Waals surface area contributed by atoms with Gasteiger partial charge in [0.05, 0.1) is 47.0 Å². The second kappa shape index (κ2) is 17.1. The van der Waals surface area contributed by atoms with Gasteiger partial charge in [-0.2, -0.15) is 28.6 Å². The third-order valence-corrected chi connectivity index (χ3v) is 9.73. The number of azo groups is 1. The second-order valence-electron chi connectivity index (χ2n) is 8.81. The molecule has 27 heteroatoms. The molecular formula is C23H19ClN8O14S4. The Labute approximate surface area is 293 Å². The molecule has 3 aromatic carbocycles. The number of anilines is 3. The lowest BCUT2D eigenvalue weighted by molar-refractivity contribution is -0.434. The minimum absolute atomic E-state index is 0.0494. The van der Waals surface area contributed by atoms with Crippen molar-refractivity contribution in [2.45, 2.75) is 14.7 Å². The Hall–Kier alpha value is -4.21. The molecule has 0 fully saturated rings. The number of ether oxygens (including phenoxy) is 1. The Balaban J connectivity index is 1.82. The number of benzene rings is 3. The van der Waals surface area contributed by atoms with E-state index in [0.717, 1.165) is 18.2 Å². The molecule has 0 aliphatic heterocycles. The van der Waals surface area contributed by atoms with Gasteiger partial charge in [0, 0.05) is 10.8 Å². The number of nitrogens with one attached hydrogen (secondary N) is 2. The largest absolute Gasteiger partial charge is 0.505 e. The Morgan fingerprint density at radius 1 is 1.00 bits per heavy atom. The van der Waals surface area contributed by atoms with Crippen molar-refractivity contribution in [2.75, 3.05) is 30.1 Å². The van der Waals surface area contributed by atoms with Gasteiger partial charge in [-0.3, -0.25) is 14.1 Å². The maximum atomic E-state index is 12.9. The smallest absolute Gasteiger partial charge is 0.297 e. The maximum absolute atomic E-state index is 12.9. The summed E-state index contributed by atoms with van der Waals surface area (Å²) in [5.74, 6) is -1.84. The molecule has 6 N–H and O–H groups in total. The van der Waals surface area contributed by atoms with E-state index < -0.39 is 42.0 Å². The summed E-state index contributed by atoms with van der Waals surface area (Å²) < 4.78 is 79.9. The van der Waals surface area contributed by atoms with Crippen LogP contribution in [-0.4, -0.2) is 71.4 Å². The zero-order valence-corrected chi connectivity index (χ0v) is 28.5. The Morgan fingerprint density at radius 2 is 1.74 bits per heavy atom. The molecule has 0 spiro atoms. The van der Waals surface area contributed by atoms with E-state index in [9.17, 15) is 26.5 Å². The highest BCUT2D eigenvalue weighted by Gasteiger charge is 2.26. The van der Waals surface area contributed by atoms with Crippen molar-refractivity contribution in [3.63, 3.8) is 0 Å². The maximum Gasteiger partial charge on any atom is 0.297 e. The van der Waals surface area contributed by atoms with E-state index in [2.05, 4.69) is 54.6 Å². The zero-order chi connectivity index (χ0) is 36.5. The molecule has 50 heavy (non-hydrogen) atoms. The van der Waals surface area contributed by atoms with Crippen LogP contribution < -0.4 is 15.4 Å². The highest BCUT2D eigenvalue weighted by molar-refractivity contribution is 7.94. The summed E-state index contributed by atoms with van der Waals surface area (Å²) in [7, 11) is -7.82. The van der Waals surface area contributed by atoms with Gasteiger partial charge in [-0.1, -0.05) is 10.1 Å². The molecule has 4 aromatic rings. The SMILES string of the molecule is COc1ccc(S(=O)(=O)CCOSOOO)cc1N=Nc1c(SOOO)cc2c(S(=O)(=O)O)c(Nc3nc(Cl)nc(NC#N)n3)ccc2c1O. The number of hydrogen-bond acceptors (Lipinski definition) is 23. The fraction of sp³-hybridized carbons (Fsp3) is 0.130. The topological polar surface area (TPSA) is 316 Å². The highest BCUT2D eigenvalue weighted by atomic mass is 35.5. The van der Waals surface area contributed by atoms with Crippen LogP contribution in [0.25, 0.3) is 10.8 Å². The molecular weight excluding hydrogens is 776 g/mol. The van der Waals surface area contributed by atoms with E-state index >= 15 is 0 Å². The quantitative estimate of drug-likeness (QED) is 0.0121. The molecule has 266 valence electrons. The lowest BCUT2D eigenvalue weighted by atomic mass is 10.1. The lowest BCUT2D eigenvalue weighted by Gasteiger charge is -2.15. The van der Waals surface area contributed by atoms with E-state index in [-0.39, 0.29) is 85.8 Å². The van der Waals surface area contributed by atoms with Crippen LogP contribution in [0.3, 0.4) is 0 Å². The van der Waals surface area contributed by atoms with Crippen LogP contribution in [0.15, 0.2) is 61.3 Å². The molecule has 0 unspecified atom stereocenters. The first-order chi connectivity index (χ1) is 23.8. The summed E-state index contributed by atoms with van der Waals surface area (Å²) in [5, 5.41) is 55.8. The third-order valence-electron chi connectivity index (χ3n) is 5.93. The first-order valence-electron chi connectivity index (χ1n) is 12.7. The molecule has 0 radical (unpaired) electrons. The fourth-order valence-electron chi connectivity index (χ4n) is 3.99. The predicted molar refractivity (Wildman–Crippen MR) is 171 cm³/mol. The number of phenols is 1. The van der Waals surface area contributed by atoms with Gasteiger partial charge in [-0.15, -0.1) is 18.9 Å². The first kappa shape index (κ1) is 38.6. The Bertz CT molecular complexity index is 2170. The predicted octanol–water partition coefficient (Wildman–Crippen LogP) is 4.89. The van der Waals surface area contributed by atoms with Gasteiger partial charge in [-0.05, 0) is 48.0 Å². The van der Waals surface area contributed by atoms with Crippen LogP contribution in [0.4, 0.5) is 29.0 Å². The van der Waals surface area contributed by atoms with Crippen LogP contribution in [0.5, 0.6) is 11.5 Å². The van der Waals surface area contributed by atoms with Crippen molar-refractivity contribution in [3.05, 3.63) is 41.7 Å². The summed E-state index contributed by atoms with van der Waals surface area (Å²) in [5.41, 5.74) is -0.866. The molecule has 0 aliphatic carbocycles. The van der Waals surface area contributed by atoms with Gasteiger partial charge < -0.3 is 15.2 Å². The number of aromatic nitrogens is 3. The molecule has 4 rings (SSSR count). The van der Waals surface area contributed by atoms with E-state index in [0.29, 0.717) is 0 Å². The van der Waals surface area contributed by atoms with Gasteiger partial charge in [-0.25, -0.2) is 18.9 Å². The van der Waals surface area contributed by atoms with Crippen molar-refractivity contribution < 1.29 is 64.7 Å². The van der Waals surface area contributed by atoms with Crippen LogP contribution in [0.1, 0.15) is 0 Å². The van der Waals surface area contributed by atoms with Crippen molar-refractivity contribution in [1.29, 1.82) is 5.26 Å². The molecule has 0 amide bonds. The van der Waals surface area contributed by atoms with Crippen molar-refractivity contribution in [1.82, 2.24) is 15.0 Å². The fourth-order valence-corrected chi connectivity index (χ4v) is 6.90. The number of phenolic OH excluding ortho intramolecular Hbond substituents is 1. The van der Waals surface area contributed by atoms with Crippen LogP contribution >= 0.6 is 36.0 Å². The van der Waals surface area contributed by atoms with Gasteiger partial charge in [0.15, 0.2) is 34.1 Å². The number of fused-ring (bicyclic) bond motifs is 1. The Kier molecular flexibility index (Phi) is 13.2. The van der Waals surface area contributed by atoms with Gasteiger partial charge in [0.2, 0.25) is 17.2 Å². The highest BCUT2D eigenvalue weighted by Crippen LogP contribution is 2.47. The minimum atomic E-state index is -5.11. The molecule has 0 aliphatic rings. The van der Waals surface area contributed by atoms with Crippen molar-refractivity contribution >= 4 is 95.7 Å².